The number of rotatable bonds is 10. The standard InChI is InChI=1S/C30H35NO6S/c1-6-38-14-13-37-30(33)27-18(2)31-22-15-20(19-11-12-25(35-4)26(17-19)36-5)16-23(32)29(22)28(27)21-9-7-8-10-24(21)34-3/h7-12,17,20,28,31H,6,13-16H2,1-5H3/t20-,28-/m1/s1. The molecule has 0 fully saturated rings. The molecule has 8 heteroatoms. The summed E-state index contributed by atoms with van der Waals surface area (Å²) < 4.78 is 22.2. The van der Waals surface area contributed by atoms with Gasteiger partial charge in [0.1, 0.15) is 12.4 Å². The molecule has 1 N–H and O–H groups in total. The van der Waals surface area contributed by atoms with Crippen LogP contribution in [0.1, 0.15) is 49.7 Å². The summed E-state index contributed by atoms with van der Waals surface area (Å²) in [6, 6.07) is 13.3. The average molecular weight is 538 g/mol. The number of ether oxygens (including phenoxy) is 4. The first kappa shape index (κ1) is 27.6. The van der Waals surface area contributed by atoms with Crippen molar-refractivity contribution < 1.29 is 28.5 Å². The predicted molar refractivity (Wildman–Crippen MR) is 149 cm³/mol. The van der Waals surface area contributed by atoms with Crippen LogP contribution in [0.5, 0.6) is 17.2 Å². The van der Waals surface area contributed by atoms with Crippen molar-refractivity contribution in [3.63, 3.8) is 0 Å². The molecule has 38 heavy (non-hydrogen) atoms. The number of hydrogen-bond acceptors (Lipinski definition) is 8. The van der Waals surface area contributed by atoms with E-state index < -0.39 is 11.9 Å². The molecule has 0 amide bonds. The van der Waals surface area contributed by atoms with Crippen molar-refractivity contribution in [1.29, 1.82) is 0 Å². The van der Waals surface area contributed by atoms with Crippen LogP contribution in [-0.2, 0) is 14.3 Å². The lowest BCUT2D eigenvalue weighted by Gasteiger charge is -2.37. The lowest BCUT2D eigenvalue weighted by atomic mass is 9.71. The highest BCUT2D eigenvalue weighted by atomic mass is 32.2. The van der Waals surface area contributed by atoms with Gasteiger partial charge in [-0.3, -0.25) is 4.79 Å². The summed E-state index contributed by atoms with van der Waals surface area (Å²) in [5.41, 5.74) is 4.34. The van der Waals surface area contributed by atoms with Gasteiger partial charge in [-0.05, 0) is 48.8 Å². The number of esters is 1. The third-order valence-corrected chi connectivity index (χ3v) is 7.90. The van der Waals surface area contributed by atoms with E-state index in [1.54, 1.807) is 33.1 Å². The second-order valence-electron chi connectivity index (χ2n) is 9.21. The Kier molecular flexibility index (Phi) is 9.05. The molecule has 0 aromatic heterocycles. The molecule has 0 radical (unpaired) electrons. The van der Waals surface area contributed by atoms with Gasteiger partial charge in [-0.2, -0.15) is 11.8 Å². The van der Waals surface area contributed by atoms with Crippen molar-refractivity contribution in [2.75, 3.05) is 39.4 Å². The first-order chi connectivity index (χ1) is 18.4. The van der Waals surface area contributed by atoms with E-state index in [1.165, 1.54) is 0 Å². The molecule has 0 spiro atoms. The zero-order valence-corrected chi connectivity index (χ0v) is 23.4. The third kappa shape index (κ3) is 5.55. The van der Waals surface area contributed by atoms with Crippen LogP contribution in [0.3, 0.4) is 0 Å². The number of ketones is 1. The molecule has 0 bridgehead atoms. The van der Waals surface area contributed by atoms with Gasteiger partial charge >= 0.3 is 5.97 Å². The van der Waals surface area contributed by atoms with Gasteiger partial charge < -0.3 is 24.3 Å². The summed E-state index contributed by atoms with van der Waals surface area (Å²) in [4.78, 5) is 27.3. The van der Waals surface area contributed by atoms with Crippen molar-refractivity contribution >= 4 is 23.5 Å². The van der Waals surface area contributed by atoms with Gasteiger partial charge in [-0.15, -0.1) is 0 Å². The monoisotopic (exact) mass is 537 g/mol. The molecule has 0 unspecified atom stereocenters. The van der Waals surface area contributed by atoms with E-state index in [2.05, 4.69) is 12.2 Å². The minimum atomic E-state index is -0.576. The summed E-state index contributed by atoms with van der Waals surface area (Å²) in [6.07, 6.45) is 0.936. The number of thioether (sulfide) groups is 1. The van der Waals surface area contributed by atoms with E-state index in [0.717, 1.165) is 28.3 Å². The normalized spacial score (nSPS) is 19.0. The first-order valence-corrected chi connectivity index (χ1v) is 13.9. The second-order valence-corrected chi connectivity index (χ2v) is 10.6. The summed E-state index contributed by atoms with van der Waals surface area (Å²) in [5, 5.41) is 3.41. The second kappa shape index (κ2) is 12.4. The van der Waals surface area contributed by atoms with Gasteiger partial charge in [-0.1, -0.05) is 31.2 Å². The summed E-state index contributed by atoms with van der Waals surface area (Å²) in [6.45, 7) is 4.25. The summed E-state index contributed by atoms with van der Waals surface area (Å²) in [7, 11) is 4.80. The highest BCUT2D eigenvalue weighted by Crippen LogP contribution is 2.48. The Bertz CT molecular complexity index is 1270. The molecule has 1 heterocycles. The predicted octanol–water partition coefficient (Wildman–Crippen LogP) is 5.37. The van der Waals surface area contributed by atoms with Crippen molar-refractivity contribution in [2.24, 2.45) is 0 Å². The lowest BCUT2D eigenvalue weighted by Crippen LogP contribution is -2.36. The average Bonchev–Trinajstić information content (AvgIpc) is 2.93. The Morgan fingerprint density at radius 3 is 2.45 bits per heavy atom. The topological polar surface area (TPSA) is 83.1 Å². The van der Waals surface area contributed by atoms with Gasteiger partial charge in [-0.25, -0.2) is 4.79 Å². The zero-order valence-electron chi connectivity index (χ0n) is 22.6. The summed E-state index contributed by atoms with van der Waals surface area (Å²) >= 11 is 1.71. The largest absolute Gasteiger partial charge is 0.496 e. The fourth-order valence-electron chi connectivity index (χ4n) is 5.28. The highest BCUT2D eigenvalue weighted by molar-refractivity contribution is 7.99. The number of hydrogen-bond donors (Lipinski definition) is 1. The van der Waals surface area contributed by atoms with E-state index in [4.69, 9.17) is 18.9 Å². The van der Waals surface area contributed by atoms with Crippen molar-refractivity contribution in [3.8, 4) is 17.2 Å². The van der Waals surface area contributed by atoms with E-state index in [1.807, 2.05) is 49.4 Å². The van der Waals surface area contributed by atoms with Crippen LogP contribution in [0.25, 0.3) is 0 Å². The number of Topliss-reactive ketones (excluding diaryl/α,β-unsaturated/α-hetero) is 1. The minimum Gasteiger partial charge on any atom is -0.496 e. The Morgan fingerprint density at radius 2 is 1.74 bits per heavy atom. The van der Waals surface area contributed by atoms with E-state index >= 15 is 0 Å². The minimum absolute atomic E-state index is 0.00576. The molecule has 0 saturated heterocycles. The smallest absolute Gasteiger partial charge is 0.336 e. The Hall–Kier alpha value is -3.39. The van der Waals surface area contributed by atoms with Crippen LogP contribution in [-0.4, -0.2) is 51.2 Å². The van der Waals surface area contributed by atoms with E-state index in [9.17, 15) is 9.59 Å². The van der Waals surface area contributed by atoms with E-state index in [0.29, 0.717) is 53.5 Å². The van der Waals surface area contributed by atoms with Crippen LogP contribution in [0.15, 0.2) is 65.0 Å². The fraction of sp³-hybridized carbons (Fsp3) is 0.400. The van der Waals surface area contributed by atoms with Gasteiger partial charge in [0.2, 0.25) is 0 Å². The maximum absolute atomic E-state index is 13.9. The Morgan fingerprint density at radius 1 is 1.00 bits per heavy atom. The SMILES string of the molecule is CCSCCOC(=O)C1=C(C)NC2=C(C(=O)C[C@H](c3ccc(OC)c(OC)c3)C2)[C@@H]1c1ccccc1OC. The molecule has 202 valence electrons. The number of para-hydroxylation sites is 1. The quantitative estimate of drug-likeness (QED) is 0.320. The zero-order chi connectivity index (χ0) is 27.2. The molecule has 1 aliphatic heterocycles. The lowest BCUT2D eigenvalue weighted by molar-refractivity contribution is -0.138. The molecule has 2 aromatic rings. The van der Waals surface area contributed by atoms with Crippen molar-refractivity contribution in [2.45, 2.75) is 38.5 Å². The van der Waals surface area contributed by atoms with Crippen LogP contribution in [0, 0.1) is 0 Å². The number of methoxy groups -OCH3 is 3. The van der Waals surface area contributed by atoms with Gasteiger partial charge in [0.15, 0.2) is 17.3 Å². The van der Waals surface area contributed by atoms with Crippen LogP contribution in [0.4, 0.5) is 0 Å². The number of carbonyl (C=O) groups excluding carboxylic acids is 2. The van der Waals surface area contributed by atoms with Crippen LogP contribution < -0.4 is 19.5 Å². The number of dihydropyridines is 1. The molecular weight excluding hydrogens is 502 g/mol. The fourth-order valence-corrected chi connectivity index (χ4v) is 5.77. The molecule has 4 rings (SSSR count). The van der Waals surface area contributed by atoms with E-state index in [-0.39, 0.29) is 11.7 Å². The van der Waals surface area contributed by atoms with Gasteiger partial charge in [0, 0.05) is 34.7 Å². The van der Waals surface area contributed by atoms with Gasteiger partial charge in [0.05, 0.1) is 32.8 Å². The van der Waals surface area contributed by atoms with Crippen molar-refractivity contribution in [3.05, 3.63) is 76.1 Å². The number of nitrogens with one attached hydrogen (secondary N) is 1. The third-order valence-electron chi connectivity index (χ3n) is 7.04. The van der Waals surface area contributed by atoms with Crippen LogP contribution >= 0.6 is 11.8 Å². The molecule has 2 atom stereocenters. The maximum atomic E-state index is 13.9. The molecule has 0 saturated carbocycles. The first-order valence-electron chi connectivity index (χ1n) is 12.8. The molecule has 7 nitrogen and oxygen atoms in total. The Balaban J connectivity index is 1.74. The number of benzene rings is 2. The number of allylic oxidation sites excluding steroid dienone is 3. The van der Waals surface area contributed by atoms with Crippen molar-refractivity contribution in [1.82, 2.24) is 5.32 Å². The summed E-state index contributed by atoms with van der Waals surface area (Å²) in [5.74, 6) is 2.54. The van der Waals surface area contributed by atoms with Crippen LogP contribution in [0.2, 0.25) is 0 Å². The van der Waals surface area contributed by atoms with Gasteiger partial charge in [0.25, 0.3) is 0 Å². The molecule has 2 aromatic carbocycles. The number of carbonyl (C=O) groups is 2. The Labute approximate surface area is 228 Å². The molecular formula is C30H35NO6S. The molecule has 2 aliphatic rings. The molecule has 1 aliphatic carbocycles. The highest BCUT2D eigenvalue weighted by Gasteiger charge is 2.42. The maximum Gasteiger partial charge on any atom is 0.336 e.